The Kier molecular flexibility index (Phi) is 3.82. The zero-order valence-electron chi connectivity index (χ0n) is 9.30. The van der Waals surface area contributed by atoms with Gasteiger partial charge in [0.25, 0.3) is 0 Å². The quantitative estimate of drug-likeness (QED) is 0.747. The highest BCUT2D eigenvalue weighted by Gasteiger charge is 2.29. The highest BCUT2D eigenvalue weighted by Crippen LogP contribution is 2.27. The molecule has 0 spiro atoms. The van der Waals surface area contributed by atoms with Crippen molar-refractivity contribution in [1.82, 2.24) is 5.32 Å². The Morgan fingerprint density at radius 1 is 1.14 bits per heavy atom. The SMILES string of the molecule is CNC1CC(OCC2CCCCC2)C1. The Bertz CT molecular complexity index is 160. The second-order valence-corrected chi connectivity index (χ2v) is 4.92. The van der Waals surface area contributed by atoms with Crippen LogP contribution in [0.3, 0.4) is 0 Å². The molecule has 2 rings (SSSR count). The second kappa shape index (κ2) is 5.13. The van der Waals surface area contributed by atoms with Crippen LogP contribution in [0.15, 0.2) is 0 Å². The number of rotatable bonds is 4. The minimum Gasteiger partial charge on any atom is -0.378 e. The van der Waals surface area contributed by atoms with Gasteiger partial charge in [0, 0.05) is 12.6 Å². The van der Waals surface area contributed by atoms with Gasteiger partial charge in [-0.1, -0.05) is 19.3 Å². The van der Waals surface area contributed by atoms with Crippen molar-refractivity contribution in [2.24, 2.45) is 5.92 Å². The Morgan fingerprint density at radius 2 is 1.86 bits per heavy atom. The van der Waals surface area contributed by atoms with Gasteiger partial charge in [0.2, 0.25) is 0 Å². The number of hydrogen-bond acceptors (Lipinski definition) is 2. The first-order valence-electron chi connectivity index (χ1n) is 6.17. The third kappa shape index (κ3) is 2.71. The first kappa shape index (κ1) is 10.4. The summed E-state index contributed by atoms with van der Waals surface area (Å²) in [6.45, 7) is 1.03. The zero-order chi connectivity index (χ0) is 9.80. The smallest absolute Gasteiger partial charge is 0.0605 e. The van der Waals surface area contributed by atoms with Crippen molar-refractivity contribution in [3.8, 4) is 0 Å². The molecular formula is C12H23NO. The van der Waals surface area contributed by atoms with E-state index in [1.54, 1.807) is 0 Å². The zero-order valence-corrected chi connectivity index (χ0v) is 9.30. The molecule has 2 aliphatic carbocycles. The molecule has 2 nitrogen and oxygen atoms in total. The van der Waals surface area contributed by atoms with E-state index in [-0.39, 0.29) is 0 Å². The summed E-state index contributed by atoms with van der Waals surface area (Å²) < 4.78 is 5.91. The van der Waals surface area contributed by atoms with Crippen LogP contribution in [-0.2, 0) is 4.74 Å². The van der Waals surface area contributed by atoms with Crippen LogP contribution < -0.4 is 5.32 Å². The molecule has 0 amide bonds. The topological polar surface area (TPSA) is 21.3 Å². The fourth-order valence-corrected chi connectivity index (χ4v) is 2.56. The van der Waals surface area contributed by atoms with E-state index in [9.17, 15) is 0 Å². The summed E-state index contributed by atoms with van der Waals surface area (Å²) in [6.07, 6.45) is 10.1. The van der Waals surface area contributed by atoms with Gasteiger partial charge in [-0.05, 0) is 38.6 Å². The molecule has 0 atom stereocenters. The van der Waals surface area contributed by atoms with Gasteiger partial charge in [-0.25, -0.2) is 0 Å². The van der Waals surface area contributed by atoms with Crippen molar-refractivity contribution in [3.63, 3.8) is 0 Å². The predicted octanol–water partition coefficient (Wildman–Crippen LogP) is 2.33. The first-order valence-corrected chi connectivity index (χ1v) is 6.17. The van der Waals surface area contributed by atoms with Crippen LogP contribution in [0.4, 0.5) is 0 Å². The van der Waals surface area contributed by atoms with Crippen molar-refractivity contribution in [2.75, 3.05) is 13.7 Å². The molecule has 0 aromatic carbocycles. The van der Waals surface area contributed by atoms with Gasteiger partial charge in [-0.15, -0.1) is 0 Å². The summed E-state index contributed by atoms with van der Waals surface area (Å²) in [5.74, 6) is 0.873. The van der Waals surface area contributed by atoms with Crippen LogP contribution in [-0.4, -0.2) is 25.8 Å². The molecule has 82 valence electrons. The van der Waals surface area contributed by atoms with Crippen LogP contribution in [0.5, 0.6) is 0 Å². The van der Waals surface area contributed by atoms with Crippen molar-refractivity contribution < 1.29 is 4.74 Å². The van der Waals surface area contributed by atoms with Gasteiger partial charge < -0.3 is 10.1 Å². The molecule has 0 aromatic heterocycles. The second-order valence-electron chi connectivity index (χ2n) is 4.92. The third-order valence-electron chi connectivity index (χ3n) is 3.80. The first-order chi connectivity index (χ1) is 6.88. The third-order valence-corrected chi connectivity index (χ3v) is 3.80. The van der Waals surface area contributed by atoms with Gasteiger partial charge in [-0.2, -0.15) is 0 Å². The molecule has 2 fully saturated rings. The van der Waals surface area contributed by atoms with Crippen molar-refractivity contribution in [2.45, 2.75) is 57.1 Å². The summed E-state index contributed by atoms with van der Waals surface area (Å²) in [5.41, 5.74) is 0. The van der Waals surface area contributed by atoms with Gasteiger partial charge >= 0.3 is 0 Å². The molecule has 0 bridgehead atoms. The number of ether oxygens (including phenoxy) is 1. The van der Waals surface area contributed by atoms with Crippen LogP contribution in [0.2, 0.25) is 0 Å². The maximum atomic E-state index is 5.91. The molecule has 2 saturated carbocycles. The van der Waals surface area contributed by atoms with E-state index in [2.05, 4.69) is 5.32 Å². The van der Waals surface area contributed by atoms with E-state index in [0.29, 0.717) is 6.10 Å². The minimum absolute atomic E-state index is 0.564. The molecule has 0 heterocycles. The standard InChI is InChI=1S/C12H23NO/c1-13-11-7-12(8-11)14-9-10-5-3-2-4-6-10/h10-13H,2-9H2,1H3. The van der Waals surface area contributed by atoms with E-state index in [4.69, 9.17) is 4.74 Å². The maximum Gasteiger partial charge on any atom is 0.0605 e. The summed E-state index contributed by atoms with van der Waals surface area (Å²) in [5, 5.41) is 3.29. The van der Waals surface area contributed by atoms with Crippen molar-refractivity contribution in [1.29, 1.82) is 0 Å². The highest BCUT2D eigenvalue weighted by atomic mass is 16.5. The monoisotopic (exact) mass is 197 g/mol. The van der Waals surface area contributed by atoms with E-state index < -0.39 is 0 Å². The largest absolute Gasteiger partial charge is 0.378 e. The van der Waals surface area contributed by atoms with Gasteiger partial charge in [0.1, 0.15) is 0 Å². The Labute approximate surface area is 87.4 Å². The fraction of sp³-hybridized carbons (Fsp3) is 1.00. The Morgan fingerprint density at radius 3 is 2.50 bits per heavy atom. The number of nitrogens with one attached hydrogen (secondary N) is 1. The number of hydrogen-bond donors (Lipinski definition) is 1. The summed E-state index contributed by atoms with van der Waals surface area (Å²) in [6, 6.07) is 0.728. The lowest BCUT2D eigenvalue weighted by molar-refractivity contribution is -0.0353. The molecule has 0 radical (unpaired) electrons. The molecule has 0 aromatic rings. The molecule has 2 heteroatoms. The average Bonchev–Trinajstić information content (AvgIpc) is 2.17. The van der Waals surface area contributed by atoms with Crippen LogP contribution in [0.1, 0.15) is 44.9 Å². The fourth-order valence-electron chi connectivity index (χ4n) is 2.56. The highest BCUT2D eigenvalue weighted by molar-refractivity contribution is 4.85. The van der Waals surface area contributed by atoms with Gasteiger partial charge in [-0.3, -0.25) is 0 Å². The molecule has 0 unspecified atom stereocenters. The normalized spacial score (nSPS) is 34.1. The molecule has 14 heavy (non-hydrogen) atoms. The van der Waals surface area contributed by atoms with E-state index >= 15 is 0 Å². The van der Waals surface area contributed by atoms with E-state index in [1.807, 2.05) is 7.05 Å². The molecular weight excluding hydrogens is 174 g/mol. The Balaban J connectivity index is 1.54. The lowest BCUT2D eigenvalue weighted by Crippen LogP contribution is -2.44. The lowest BCUT2D eigenvalue weighted by Gasteiger charge is -2.36. The average molecular weight is 197 g/mol. The summed E-state index contributed by atoms with van der Waals surface area (Å²) >= 11 is 0. The predicted molar refractivity (Wildman–Crippen MR) is 58.4 cm³/mol. The molecule has 1 N–H and O–H groups in total. The van der Waals surface area contributed by atoms with E-state index in [1.165, 1.54) is 44.9 Å². The minimum atomic E-state index is 0.564. The molecule has 0 aliphatic heterocycles. The van der Waals surface area contributed by atoms with Crippen molar-refractivity contribution in [3.05, 3.63) is 0 Å². The van der Waals surface area contributed by atoms with Gasteiger partial charge in [0.15, 0.2) is 0 Å². The summed E-state index contributed by atoms with van der Waals surface area (Å²) in [4.78, 5) is 0. The maximum absolute atomic E-state index is 5.91. The van der Waals surface area contributed by atoms with E-state index in [0.717, 1.165) is 18.6 Å². The van der Waals surface area contributed by atoms with Crippen molar-refractivity contribution >= 4 is 0 Å². The van der Waals surface area contributed by atoms with Gasteiger partial charge in [0.05, 0.1) is 6.10 Å². The molecule has 0 saturated heterocycles. The van der Waals surface area contributed by atoms with Crippen LogP contribution >= 0.6 is 0 Å². The molecule has 2 aliphatic rings. The lowest BCUT2D eigenvalue weighted by atomic mass is 9.88. The van der Waals surface area contributed by atoms with Crippen LogP contribution in [0.25, 0.3) is 0 Å². The Hall–Kier alpha value is -0.0800. The summed E-state index contributed by atoms with van der Waals surface area (Å²) in [7, 11) is 2.04. The van der Waals surface area contributed by atoms with Crippen LogP contribution in [0, 0.1) is 5.92 Å².